The monoisotopic (exact) mass is 207 g/mol. The summed E-state index contributed by atoms with van der Waals surface area (Å²) in [5.41, 5.74) is 0.674. The van der Waals surface area contributed by atoms with Crippen molar-refractivity contribution in [2.24, 2.45) is 0 Å². The molecular weight excluding hydrogens is 194 g/mol. The highest BCUT2D eigenvalue weighted by atomic mass is 16.8. The Morgan fingerprint density at radius 3 is 2.73 bits per heavy atom. The summed E-state index contributed by atoms with van der Waals surface area (Å²) in [7, 11) is 0. The molecule has 1 amide bonds. The number of carbonyl (C=O) groups excluding carboxylic acids is 1. The smallest absolute Gasteiger partial charge is 0.226 e. The lowest BCUT2D eigenvalue weighted by Crippen LogP contribution is -2.09. The summed E-state index contributed by atoms with van der Waals surface area (Å²) < 4.78 is 10.7. The first-order valence-electron chi connectivity index (χ1n) is 4.85. The van der Waals surface area contributed by atoms with Crippen LogP contribution in [0.4, 0.5) is 5.69 Å². The van der Waals surface area contributed by atoms with Crippen molar-refractivity contribution in [1.82, 2.24) is 0 Å². The topological polar surface area (TPSA) is 50.9 Å². The molecule has 2 atom stereocenters. The Labute approximate surface area is 88.2 Å². The van der Waals surface area contributed by atoms with E-state index in [4.69, 9.17) is 9.47 Å². The Morgan fingerprint density at radius 1 is 1.47 bits per heavy atom. The van der Waals surface area contributed by atoms with Crippen LogP contribution in [-0.2, 0) is 9.53 Å². The fourth-order valence-corrected chi connectivity index (χ4v) is 1.28. The molecule has 1 aliphatic heterocycles. The molecule has 15 heavy (non-hydrogen) atoms. The summed E-state index contributed by atoms with van der Waals surface area (Å²) in [6.07, 6.45) is -0.0460. The van der Waals surface area contributed by atoms with Gasteiger partial charge in [-0.1, -0.05) is 12.1 Å². The van der Waals surface area contributed by atoms with Crippen molar-refractivity contribution in [3.8, 4) is 5.75 Å². The van der Waals surface area contributed by atoms with E-state index in [1.807, 2.05) is 19.1 Å². The van der Waals surface area contributed by atoms with Crippen LogP contribution in [0.1, 0.15) is 13.8 Å². The largest absolute Gasteiger partial charge is 0.460 e. The zero-order valence-corrected chi connectivity index (χ0v) is 8.69. The Kier molecular flexibility index (Phi) is 2.60. The summed E-state index contributed by atoms with van der Waals surface area (Å²) >= 11 is 0. The van der Waals surface area contributed by atoms with Crippen molar-refractivity contribution in [2.75, 3.05) is 5.32 Å². The highest BCUT2D eigenvalue weighted by molar-refractivity contribution is 5.90. The first-order valence-corrected chi connectivity index (χ1v) is 4.85. The first-order chi connectivity index (χ1) is 7.16. The Bertz CT molecular complexity index is 378. The predicted octanol–water partition coefficient (Wildman–Crippen LogP) is 1.77. The maximum absolute atomic E-state index is 10.9. The van der Waals surface area contributed by atoms with E-state index >= 15 is 0 Å². The second kappa shape index (κ2) is 3.90. The van der Waals surface area contributed by atoms with Gasteiger partial charge in [-0.05, 0) is 19.1 Å². The van der Waals surface area contributed by atoms with E-state index in [0.717, 1.165) is 0 Å². The van der Waals surface area contributed by atoms with Crippen LogP contribution in [0.3, 0.4) is 0 Å². The molecule has 1 aromatic rings. The third-order valence-corrected chi connectivity index (χ3v) is 2.10. The van der Waals surface area contributed by atoms with Crippen LogP contribution in [-0.4, -0.2) is 18.3 Å². The molecule has 2 rings (SSSR count). The lowest BCUT2D eigenvalue weighted by Gasteiger charge is -2.09. The molecule has 0 saturated carbocycles. The number of benzene rings is 1. The van der Waals surface area contributed by atoms with Gasteiger partial charge in [0.2, 0.25) is 12.2 Å². The van der Waals surface area contributed by atoms with Gasteiger partial charge in [-0.3, -0.25) is 4.79 Å². The van der Waals surface area contributed by atoms with Crippen molar-refractivity contribution in [2.45, 2.75) is 26.2 Å². The first kappa shape index (κ1) is 9.98. The molecule has 2 unspecified atom stereocenters. The van der Waals surface area contributed by atoms with Gasteiger partial charge in [-0.15, -0.1) is 0 Å². The minimum absolute atomic E-state index is 0.115. The second-order valence-electron chi connectivity index (χ2n) is 3.50. The summed E-state index contributed by atoms with van der Waals surface area (Å²) in [6, 6.07) is 7.30. The molecule has 0 radical (unpaired) electrons. The number of nitrogens with one attached hydrogen (secondary N) is 1. The predicted molar refractivity (Wildman–Crippen MR) is 55.7 cm³/mol. The van der Waals surface area contributed by atoms with E-state index in [1.54, 1.807) is 12.1 Å². The molecule has 80 valence electrons. The van der Waals surface area contributed by atoms with Crippen LogP contribution in [0.15, 0.2) is 24.3 Å². The molecule has 0 aliphatic carbocycles. The van der Waals surface area contributed by atoms with Crippen LogP contribution in [0.2, 0.25) is 0 Å². The maximum Gasteiger partial charge on any atom is 0.226 e. The van der Waals surface area contributed by atoms with Crippen LogP contribution < -0.4 is 10.1 Å². The van der Waals surface area contributed by atoms with E-state index < -0.39 is 0 Å². The van der Waals surface area contributed by atoms with Gasteiger partial charge < -0.3 is 14.8 Å². The molecule has 4 nitrogen and oxygen atoms in total. The molecule has 1 saturated heterocycles. The van der Waals surface area contributed by atoms with Gasteiger partial charge in [-0.2, -0.15) is 0 Å². The summed E-state index contributed by atoms with van der Waals surface area (Å²) in [6.45, 7) is 3.40. The van der Waals surface area contributed by atoms with Crippen molar-refractivity contribution in [3.63, 3.8) is 0 Å². The lowest BCUT2D eigenvalue weighted by atomic mass is 10.3. The van der Waals surface area contributed by atoms with E-state index in [9.17, 15) is 4.79 Å². The zero-order valence-electron chi connectivity index (χ0n) is 8.69. The van der Waals surface area contributed by atoms with Crippen LogP contribution >= 0.6 is 0 Å². The molecule has 0 spiro atoms. The summed E-state index contributed by atoms with van der Waals surface area (Å²) in [5.74, 6) is 0.526. The fraction of sp³-hybridized carbons (Fsp3) is 0.364. The fourth-order valence-electron chi connectivity index (χ4n) is 1.28. The zero-order chi connectivity index (χ0) is 10.8. The number of anilines is 1. The molecule has 1 aliphatic rings. The number of rotatable bonds is 3. The van der Waals surface area contributed by atoms with Gasteiger partial charge >= 0.3 is 0 Å². The van der Waals surface area contributed by atoms with Gasteiger partial charge in [0.05, 0.1) is 5.69 Å². The molecule has 1 N–H and O–H groups in total. The van der Waals surface area contributed by atoms with E-state index in [-0.39, 0.29) is 18.3 Å². The second-order valence-corrected chi connectivity index (χ2v) is 3.50. The molecule has 0 aromatic heterocycles. The maximum atomic E-state index is 10.9. The average molecular weight is 207 g/mol. The molecule has 0 bridgehead atoms. The number of para-hydroxylation sites is 2. The normalized spacial score (nSPS) is 23.3. The molecule has 1 fully saturated rings. The Hall–Kier alpha value is -1.55. The van der Waals surface area contributed by atoms with Crippen LogP contribution in [0.25, 0.3) is 0 Å². The average Bonchev–Trinajstić information content (AvgIpc) is 2.84. The number of carbonyl (C=O) groups is 1. The van der Waals surface area contributed by atoms with Gasteiger partial charge in [0.1, 0.15) is 11.9 Å². The van der Waals surface area contributed by atoms with Crippen molar-refractivity contribution >= 4 is 11.6 Å². The van der Waals surface area contributed by atoms with E-state index in [2.05, 4.69) is 5.32 Å². The molecule has 4 heteroatoms. The summed E-state index contributed by atoms with van der Waals surface area (Å²) in [5, 5.41) is 2.70. The van der Waals surface area contributed by atoms with Gasteiger partial charge in [0, 0.05) is 6.92 Å². The van der Waals surface area contributed by atoms with Crippen molar-refractivity contribution in [1.29, 1.82) is 0 Å². The van der Waals surface area contributed by atoms with Gasteiger partial charge in [0.25, 0.3) is 0 Å². The quantitative estimate of drug-likeness (QED) is 0.768. The minimum Gasteiger partial charge on any atom is -0.460 e. The van der Waals surface area contributed by atoms with Crippen molar-refractivity contribution in [3.05, 3.63) is 24.3 Å². The minimum atomic E-state index is -0.181. The van der Waals surface area contributed by atoms with Crippen LogP contribution in [0.5, 0.6) is 5.75 Å². The molecule has 1 heterocycles. The van der Waals surface area contributed by atoms with E-state index in [1.165, 1.54) is 6.92 Å². The third-order valence-electron chi connectivity index (χ3n) is 2.10. The number of ether oxygens (including phenoxy) is 2. The Balaban J connectivity index is 2.10. The number of hydrogen-bond acceptors (Lipinski definition) is 3. The number of amides is 1. The van der Waals surface area contributed by atoms with Crippen molar-refractivity contribution < 1.29 is 14.3 Å². The SMILES string of the molecule is CC(=O)Nc1ccccc1OC1OC1C. The Morgan fingerprint density at radius 2 is 2.13 bits per heavy atom. The van der Waals surface area contributed by atoms with Gasteiger partial charge in [-0.25, -0.2) is 0 Å². The van der Waals surface area contributed by atoms with Gasteiger partial charge in [0.15, 0.2) is 0 Å². The highest BCUT2D eigenvalue weighted by Crippen LogP contribution is 2.30. The van der Waals surface area contributed by atoms with Crippen LogP contribution in [0, 0.1) is 0 Å². The summed E-state index contributed by atoms with van der Waals surface area (Å²) in [4.78, 5) is 10.9. The number of hydrogen-bond donors (Lipinski definition) is 1. The standard InChI is InChI=1S/C11H13NO3/c1-7-11(14-7)15-10-6-4-3-5-9(10)12-8(2)13/h3-7,11H,1-2H3,(H,12,13). The molecule has 1 aromatic carbocycles. The highest BCUT2D eigenvalue weighted by Gasteiger charge is 2.37. The molecular formula is C11H13NO3. The number of epoxide rings is 1. The third kappa shape index (κ3) is 2.47. The lowest BCUT2D eigenvalue weighted by molar-refractivity contribution is -0.114. The van der Waals surface area contributed by atoms with E-state index in [0.29, 0.717) is 11.4 Å².